The maximum atomic E-state index is 10.4. The van der Waals surface area contributed by atoms with Crippen molar-refractivity contribution in [3.05, 3.63) is 28.4 Å². The summed E-state index contributed by atoms with van der Waals surface area (Å²) in [5.41, 5.74) is 0.795. The van der Waals surface area contributed by atoms with Gasteiger partial charge in [-0.15, -0.1) is 0 Å². The normalized spacial score (nSPS) is 9.50. The Balaban J connectivity index is 2.78. The minimum Gasteiger partial charge on any atom is -0.368 e. The molecule has 0 amide bonds. The number of nitro groups is 1. The Labute approximate surface area is 93.3 Å². The van der Waals surface area contributed by atoms with E-state index in [1.807, 2.05) is 11.8 Å². The first-order valence-electron chi connectivity index (χ1n) is 4.91. The molecule has 0 radical (unpaired) electrons. The average molecular weight is 220 g/mol. The monoisotopic (exact) mass is 220 g/mol. The maximum Gasteiger partial charge on any atom is 0.363 e. The lowest BCUT2D eigenvalue weighted by Gasteiger charge is -2.19. The van der Waals surface area contributed by atoms with Crippen LogP contribution in [0.1, 0.15) is 13.3 Å². The summed E-state index contributed by atoms with van der Waals surface area (Å²) in [6, 6.07) is 5.07. The van der Waals surface area contributed by atoms with E-state index in [1.165, 1.54) is 12.3 Å². The van der Waals surface area contributed by atoms with Crippen molar-refractivity contribution < 1.29 is 4.92 Å². The van der Waals surface area contributed by atoms with Crippen LogP contribution in [-0.4, -0.2) is 23.0 Å². The van der Waals surface area contributed by atoms with E-state index in [0.717, 1.165) is 12.2 Å². The fourth-order valence-corrected chi connectivity index (χ4v) is 1.33. The van der Waals surface area contributed by atoms with Crippen LogP contribution in [0.15, 0.2) is 18.3 Å². The number of hydrogen-bond acceptors (Lipinski definition) is 5. The highest BCUT2D eigenvalue weighted by atomic mass is 16.6. The van der Waals surface area contributed by atoms with Crippen LogP contribution in [0.3, 0.4) is 0 Å². The van der Waals surface area contributed by atoms with Gasteiger partial charge in [-0.25, -0.2) is 0 Å². The molecule has 1 aromatic rings. The minimum absolute atomic E-state index is 0.167. The van der Waals surface area contributed by atoms with Crippen LogP contribution in [0.25, 0.3) is 0 Å². The Morgan fingerprint density at radius 1 is 1.62 bits per heavy atom. The quantitative estimate of drug-likeness (QED) is 0.557. The van der Waals surface area contributed by atoms with Gasteiger partial charge in [0.15, 0.2) is 6.20 Å². The van der Waals surface area contributed by atoms with E-state index in [0.29, 0.717) is 13.0 Å². The Morgan fingerprint density at radius 2 is 2.38 bits per heavy atom. The predicted molar refractivity (Wildman–Crippen MR) is 59.0 cm³/mol. The third-order valence-electron chi connectivity index (χ3n) is 2.16. The molecule has 1 rings (SSSR count). The zero-order chi connectivity index (χ0) is 12.0. The summed E-state index contributed by atoms with van der Waals surface area (Å²) in [6.07, 6.45) is 1.88. The summed E-state index contributed by atoms with van der Waals surface area (Å²) in [4.78, 5) is 15.6. The summed E-state index contributed by atoms with van der Waals surface area (Å²) in [5.74, 6) is -0.167. The molecule has 6 nitrogen and oxygen atoms in total. The number of nitrogens with zero attached hydrogens (tertiary/aromatic N) is 4. The molecule has 0 N–H and O–H groups in total. The van der Waals surface area contributed by atoms with Gasteiger partial charge in [-0.05, 0) is 22.9 Å². The van der Waals surface area contributed by atoms with Gasteiger partial charge in [-0.2, -0.15) is 5.26 Å². The third-order valence-corrected chi connectivity index (χ3v) is 2.16. The number of rotatable bonds is 5. The molecule has 1 aromatic heterocycles. The highest BCUT2D eigenvalue weighted by Gasteiger charge is 2.10. The van der Waals surface area contributed by atoms with E-state index in [-0.39, 0.29) is 5.82 Å². The van der Waals surface area contributed by atoms with Crippen molar-refractivity contribution in [1.29, 1.82) is 5.26 Å². The number of nitriles is 1. The minimum atomic E-state index is -0.532. The second kappa shape index (κ2) is 5.66. The van der Waals surface area contributed by atoms with Gasteiger partial charge in [0.1, 0.15) is 0 Å². The van der Waals surface area contributed by atoms with Crippen LogP contribution in [0.2, 0.25) is 0 Å². The van der Waals surface area contributed by atoms with Crippen molar-refractivity contribution in [2.24, 2.45) is 0 Å². The highest BCUT2D eigenvalue weighted by molar-refractivity contribution is 5.46. The summed E-state index contributed by atoms with van der Waals surface area (Å²) in [7, 11) is 0. The fraction of sp³-hybridized carbons (Fsp3) is 0.400. The number of hydrogen-bond donors (Lipinski definition) is 0. The average Bonchev–Trinajstić information content (AvgIpc) is 2.30. The van der Waals surface area contributed by atoms with E-state index >= 15 is 0 Å². The van der Waals surface area contributed by atoms with Gasteiger partial charge in [0.2, 0.25) is 0 Å². The fourth-order valence-electron chi connectivity index (χ4n) is 1.33. The largest absolute Gasteiger partial charge is 0.368 e. The van der Waals surface area contributed by atoms with Crippen LogP contribution in [0.5, 0.6) is 0 Å². The molecule has 0 aliphatic heterocycles. The molecule has 0 unspecified atom stereocenters. The molecular weight excluding hydrogens is 208 g/mol. The highest BCUT2D eigenvalue weighted by Crippen LogP contribution is 2.16. The van der Waals surface area contributed by atoms with Crippen molar-refractivity contribution in [1.82, 2.24) is 4.98 Å². The van der Waals surface area contributed by atoms with Crippen LogP contribution >= 0.6 is 0 Å². The van der Waals surface area contributed by atoms with Gasteiger partial charge in [0.05, 0.1) is 18.2 Å². The van der Waals surface area contributed by atoms with Crippen molar-refractivity contribution in [3.8, 4) is 6.07 Å². The van der Waals surface area contributed by atoms with Crippen LogP contribution in [0, 0.1) is 21.4 Å². The summed E-state index contributed by atoms with van der Waals surface area (Å²) < 4.78 is 0. The van der Waals surface area contributed by atoms with Crippen molar-refractivity contribution in [2.75, 3.05) is 18.0 Å². The molecule has 0 aromatic carbocycles. The third kappa shape index (κ3) is 2.92. The zero-order valence-electron chi connectivity index (χ0n) is 8.96. The Kier molecular flexibility index (Phi) is 4.21. The molecule has 0 aliphatic rings. The van der Waals surface area contributed by atoms with E-state index in [4.69, 9.17) is 5.26 Å². The summed E-state index contributed by atoms with van der Waals surface area (Å²) >= 11 is 0. The van der Waals surface area contributed by atoms with E-state index in [2.05, 4.69) is 11.1 Å². The molecule has 0 aliphatic carbocycles. The zero-order valence-corrected chi connectivity index (χ0v) is 8.96. The van der Waals surface area contributed by atoms with Gasteiger partial charge < -0.3 is 15.0 Å². The van der Waals surface area contributed by atoms with E-state index in [9.17, 15) is 10.1 Å². The van der Waals surface area contributed by atoms with Crippen LogP contribution < -0.4 is 4.90 Å². The first-order valence-corrected chi connectivity index (χ1v) is 4.91. The number of aromatic nitrogens is 1. The van der Waals surface area contributed by atoms with Gasteiger partial charge in [0, 0.05) is 19.2 Å². The van der Waals surface area contributed by atoms with E-state index < -0.39 is 4.92 Å². The van der Waals surface area contributed by atoms with Gasteiger partial charge in [0.25, 0.3) is 0 Å². The van der Waals surface area contributed by atoms with Gasteiger partial charge in [-0.1, -0.05) is 0 Å². The topological polar surface area (TPSA) is 83.1 Å². The van der Waals surface area contributed by atoms with Crippen LogP contribution in [-0.2, 0) is 0 Å². The predicted octanol–water partition coefficient (Wildman–Crippen LogP) is 1.73. The molecule has 0 spiro atoms. The lowest BCUT2D eigenvalue weighted by molar-refractivity contribution is -0.389. The molecule has 1 heterocycles. The van der Waals surface area contributed by atoms with Crippen molar-refractivity contribution in [2.45, 2.75) is 13.3 Å². The molecule has 0 bridgehead atoms. The number of anilines is 1. The molecular formula is C10H12N4O2. The van der Waals surface area contributed by atoms with Crippen molar-refractivity contribution in [3.63, 3.8) is 0 Å². The Bertz CT molecular complexity index is 396. The molecule has 84 valence electrons. The summed E-state index contributed by atoms with van der Waals surface area (Å²) in [5, 5.41) is 18.9. The summed E-state index contributed by atoms with van der Waals surface area (Å²) in [6.45, 7) is 3.30. The first-order chi connectivity index (χ1) is 7.69. The lowest BCUT2D eigenvalue weighted by Crippen LogP contribution is -2.23. The Hall–Kier alpha value is -2.16. The van der Waals surface area contributed by atoms with Gasteiger partial charge in [-0.3, -0.25) is 0 Å². The molecule has 0 fully saturated rings. The SMILES string of the molecule is CCN(CCC#N)c1ccc([N+](=O)[O-])nc1. The lowest BCUT2D eigenvalue weighted by atomic mass is 10.3. The first kappa shape index (κ1) is 11.9. The molecule has 0 saturated heterocycles. The van der Waals surface area contributed by atoms with Crippen LogP contribution in [0.4, 0.5) is 11.5 Å². The maximum absolute atomic E-state index is 10.4. The van der Waals surface area contributed by atoms with Crippen molar-refractivity contribution >= 4 is 11.5 Å². The Morgan fingerprint density at radius 3 is 2.81 bits per heavy atom. The second-order valence-corrected chi connectivity index (χ2v) is 3.12. The smallest absolute Gasteiger partial charge is 0.363 e. The molecule has 0 saturated carbocycles. The standard InChI is InChI=1S/C10H12N4O2/c1-2-13(7-3-6-11)9-4-5-10(12-8-9)14(15)16/h4-5,8H,2-3,7H2,1H3. The number of pyridine rings is 1. The van der Waals surface area contributed by atoms with Gasteiger partial charge >= 0.3 is 5.82 Å². The van der Waals surface area contributed by atoms with E-state index in [1.54, 1.807) is 6.07 Å². The molecule has 0 atom stereocenters. The molecule has 16 heavy (non-hydrogen) atoms. The second-order valence-electron chi connectivity index (χ2n) is 3.12. The molecule has 6 heteroatoms.